The predicted octanol–water partition coefficient (Wildman–Crippen LogP) is 3.27. The molecule has 106 valence electrons. The first kappa shape index (κ1) is 13.5. The third kappa shape index (κ3) is 2.34. The van der Waals surface area contributed by atoms with Crippen LogP contribution in [0.25, 0.3) is 5.69 Å². The lowest BCUT2D eigenvalue weighted by Crippen LogP contribution is -2.27. The first-order chi connectivity index (χ1) is 10.1. The second kappa shape index (κ2) is 5.14. The number of aromatic nitrogens is 2. The molecule has 1 unspecified atom stereocenters. The van der Waals surface area contributed by atoms with Crippen LogP contribution < -0.4 is 0 Å². The lowest BCUT2D eigenvalue weighted by atomic mass is 9.92. The van der Waals surface area contributed by atoms with Gasteiger partial charge in [-0.1, -0.05) is 36.4 Å². The first-order valence-electron chi connectivity index (χ1n) is 6.68. The maximum Gasteiger partial charge on any atom is 0.132 e. The zero-order valence-electron chi connectivity index (χ0n) is 11.6. The summed E-state index contributed by atoms with van der Waals surface area (Å²) in [4.78, 5) is 0. The van der Waals surface area contributed by atoms with E-state index in [1.54, 1.807) is 42.1 Å². The molecule has 1 atom stereocenters. The van der Waals surface area contributed by atoms with Crippen LogP contribution in [0.1, 0.15) is 18.2 Å². The zero-order chi connectivity index (χ0) is 14.9. The Hall–Kier alpha value is -2.46. The van der Waals surface area contributed by atoms with Crippen molar-refractivity contribution in [2.75, 3.05) is 0 Å². The van der Waals surface area contributed by atoms with Crippen LogP contribution in [0.2, 0.25) is 0 Å². The Labute approximate surface area is 122 Å². The van der Waals surface area contributed by atoms with Gasteiger partial charge in [-0.15, -0.1) is 0 Å². The van der Waals surface area contributed by atoms with Crippen molar-refractivity contribution in [2.24, 2.45) is 0 Å². The molecule has 3 aromatic rings. The topological polar surface area (TPSA) is 38.1 Å². The summed E-state index contributed by atoms with van der Waals surface area (Å²) >= 11 is 0. The van der Waals surface area contributed by atoms with Crippen LogP contribution in [0.3, 0.4) is 0 Å². The molecule has 3 rings (SSSR count). The summed E-state index contributed by atoms with van der Waals surface area (Å²) in [5.74, 6) is -0.441. The van der Waals surface area contributed by atoms with E-state index in [0.29, 0.717) is 5.69 Å². The molecular formula is C17H15FN2O. The van der Waals surface area contributed by atoms with Gasteiger partial charge in [-0.05, 0) is 31.2 Å². The average Bonchev–Trinajstić information content (AvgIpc) is 2.99. The van der Waals surface area contributed by atoms with E-state index in [-0.39, 0.29) is 5.56 Å². The molecule has 1 heterocycles. The normalized spacial score (nSPS) is 13.9. The van der Waals surface area contributed by atoms with Crippen LogP contribution in [-0.2, 0) is 5.60 Å². The largest absolute Gasteiger partial charge is 0.379 e. The van der Waals surface area contributed by atoms with E-state index >= 15 is 0 Å². The SMILES string of the molecule is CC(O)(c1ccccc1F)c1ccnn1-c1ccccc1. The summed E-state index contributed by atoms with van der Waals surface area (Å²) in [6, 6.07) is 17.4. The summed E-state index contributed by atoms with van der Waals surface area (Å²) in [6.45, 7) is 1.57. The predicted molar refractivity (Wildman–Crippen MR) is 78.6 cm³/mol. The van der Waals surface area contributed by atoms with E-state index in [4.69, 9.17) is 0 Å². The van der Waals surface area contributed by atoms with Crippen molar-refractivity contribution in [1.82, 2.24) is 9.78 Å². The number of aliphatic hydroxyl groups is 1. The molecule has 1 N–H and O–H groups in total. The minimum Gasteiger partial charge on any atom is -0.379 e. The van der Waals surface area contributed by atoms with Crippen LogP contribution in [-0.4, -0.2) is 14.9 Å². The van der Waals surface area contributed by atoms with Crippen LogP contribution in [0, 0.1) is 5.82 Å². The van der Waals surface area contributed by atoms with Crippen molar-refractivity contribution >= 4 is 0 Å². The van der Waals surface area contributed by atoms with Gasteiger partial charge in [0.2, 0.25) is 0 Å². The molecule has 21 heavy (non-hydrogen) atoms. The van der Waals surface area contributed by atoms with Crippen LogP contribution in [0.5, 0.6) is 0 Å². The average molecular weight is 282 g/mol. The fourth-order valence-corrected chi connectivity index (χ4v) is 2.44. The van der Waals surface area contributed by atoms with Crippen molar-refractivity contribution in [3.63, 3.8) is 0 Å². The molecule has 0 saturated heterocycles. The van der Waals surface area contributed by atoms with Crippen molar-refractivity contribution < 1.29 is 9.50 Å². The third-order valence-corrected chi connectivity index (χ3v) is 3.54. The molecule has 0 aliphatic carbocycles. The Morgan fingerprint density at radius 2 is 1.67 bits per heavy atom. The molecule has 0 aliphatic heterocycles. The van der Waals surface area contributed by atoms with E-state index in [1.807, 2.05) is 30.3 Å². The number of hydrogen-bond acceptors (Lipinski definition) is 2. The lowest BCUT2D eigenvalue weighted by Gasteiger charge is -2.25. The second-order valence-corrected chi connectivity index (χ2v) is 5.02. The highest BCUT2D eigenvalue weighted by atomic mass is 19.1. The van der Waals surface area contributed by atoms with Gasteiger partial charge in [0.25, 0.3) is 0 Å². The summed E-state index contributed by atoms with van der Waals surface area (Å²) in [7, 11) is 0. The summed E-state index contributed by atoms with van der Waals surface area (Å²) < 4.78 is 15.6. The van der Waals surface area contributed by atoms with Gasteiger partial charge in [-0.2, -0.15) is 5.10 Å². The Balaban J connectivity index is 2.14. The van der Waals surface area contributed by atoms with E-state index in [0.717, 1.165) is 5.69 Å². The van der Waals surface area contributed by atoms with Gasteiger partial charge >= 0.3 is 0 Å². The Kier molecular flexibility index (Phi) is 3.31. The first-order valence-corrected chi connectivity index (χ1v) is 6.68. The molecule has 0 spiro atoms. The van der Waals surface area contributed by atoms with Crippen molar-refractivity contribution in [1.29, 1.82) is 0 Å². The Morgan fingerprint density at radius 3 is 2.38 bits per heavy atom. The molecule has 0 amide bonds. The number of benzene rings is 2. The van der Waals surface area contributed by atoms with Gasteiger partial charge in [-0.25, -0.2) is 9.07 Å². The molecule has 0 bridgehead atoms. The van der Waals surface area contributed by atoms with Crippen molar-refractivity contribution in [2.45, 2.75) is 12.5 Å². The Bertz CT molecular complexity index is 750. The highest BCUT2D eigenvalue weighted by molar-refractivity contribution is 5.38. The van der Waals surface area contributed by atoms with E-state index in [9.17, 15) is 9.50 Å². The van der Waals surface area contributed by atoms with E-state index in [1.165, 1.54) is 6.07 Å². The standard InChI is InChI=1S/C17H15FN2O/c1-17(21,14-9-5-6-10-15(14)18)16-11-12-19-20(16)13-7-3-2-4-8-13/h2-12,21H,1H3. The minimum atomic E-state index is -1.47. The summed E-state index contributed by atoms with van der Waals surface area (Å²) in [5, 5.41) is 15.1. The van der Waals surface area contributed by atoms with E-state index in [2.05, 4.69) is 5.10 Å². The third-order valence-electron chi connectivity index (χ3n) is 3.54. The highest BCUT2D eigenvalue weighted by Crippen LogP contribution is 2.31. The zero-order valence-corrected chi connectivity index (χ0v) is 11.6. The number of rotatable bonds is 3. The monoisotopic (exact) mass is 282 g/mol. The van der Waals surface area contributed by atoms with Crippen LogP contribution >= 0.6 is 0 Å². The van der Waals surface area contributed by atoms with Crippen molar-refractivity contribution in [3.8, 4) is 5.69 Å². The van der Waals surface area contributed by atoms with Crippen molar-refractivity contribution in [3.05, 3.63) is 83.9 Å². The molecule has 2 aromatic carbocycles. The fourth-order valence-electron chi connectivity index (χ4n) is 2.44. The van der Waals surface area contributed by atoms with Gasteiger partial charge in [0.1, 0.15) is 11.4 Å². The van der Waals surface area contributed by atoms with Gasteiger partial charge in [0, 0.05) is 11.8 Å². The molecule has 0 fully saturated rings. The summed E-state index contributed by atoms with van der Waals surface area (Å²) in [6.07, 6.45) is 1.59. The second-order valence-electron chi connectivity index (χ2n) is 5.02. The Morgan fingerprint density at radius 1 is 1.00 bits per heavy atom. The molecule has 3 nitrogen and oxygen atoms in total. The lowest BCUT2D eigenvalue weighted by molar-refractivity contribution is 0.0904. The van der Waals surface area contributed by atoms with Gasteiger partial charge < -0.3 is 5.11 Å². The van der Waals surface area contributed by atoms with Gasteiger partial charge in [0.15, 0.2) is 0 Å². The number of nitrogens with zero attached hydrogens (tertiary/aromatic N) is 2. The molecule has 0 aliphatic rings. The maximum absolute atomic E-state index is 14.0. The van der Waals surface area contributed by atoms with Gasteiger partial charge in [-0.3, -0.25) is 0 Å². The smallest absolute Gasteiger partial charge is 0.132 e. The molecule has 1 aromatic heterocycles. The number of halogens is 1. The fraction of sp³-hybridized carbons (Fsp3) is 0.118. The molecule has 0 radical (unpaired) electrons. The molecule has 0 saturated carbocycles. The molecular weight excluding hydrogens is 267 g/mol. The van der Waals surface area contributed by atoms with Crippen LogP contribution in [0.15, 0.2) is 66.9 Å². The molecule has 4 heteroatoms. The quantitative estimate of drug-likeness (QED) is 0.800. The van der Waals surface area contributed by atoms with Crippen LogP contribution in [0.4, 0.5) is 4.39 Å². The van der Waals surface area contributed by atoms with E-state index < -0.39 is 11.4 Å². The number of para-hydroxylation sites is 1. The number of hydrogen-bond donors (Lipinski definition) is 1. The highest BCUT2D eigenvalue weighted by Gasteiger charge is 2.32. The minimum absolute atomic E-state index is 0.225. The van der Waals surface area contributed by atoms with Gasteiger partial charge in [0.05, 0.1) is 11.4 Å². The maximum atomic E-state index is 14.0. The summed E-state index contributed by atoms with van der Waals surface area (Å²) in [5.41, 5.74) is 0.0770.